The Morgan fingerprint density at radius 2 is 1.63 bits per heavy atom. The highest BCUT2D eigenvalue weighted by Gasteiger charge is 2.73. The van der Waals surface area contributed by atoms with Gasteiger partial charge >= 0.3 is 15.9 Å². The molecule has 0 aromatic heterocycles. The Morgan fingerprint density at radius 1 is 0.976 bits per heavy atom. The molecule has 2 heterocycles. The van der Waals surface area contributed by atoms with E-state index in [2.05, 4.69) is 10.6 Å². The van der Waals surface area contributed by atoms with Crippen molar-refractivity contribution in [3.05, 3.63) is 88.4 Å². The lowest BCUT2D eigenvalue weighted by Crippen LogP contribution is -2.67. The highest BCUT2D eigenvalue weighted by atomic mass is 35.5. The molecule has 3 aromatic carbocycles. The van der Waals surface area contributed by atoms with E-state index in [1.807, 2.05) is 0 Å². The third-order valence-electron chi connectivity index (χ3n) is 8.81. The van der Waals surface area contributed by atoms with E-state index in [9.17, 15) is 26.8 Å². The van der Waals surface area contributed by atoms with Crippen LogP contribution >= 0.6 is 11.6 Å². The van der Waals surface area contributed by atoms with E-state index >= 15 is 0 Å². The van der Waals surface area contributed by atoms with Gasteiger partial charge in [-0.05, 0) is 93.4 Å². The van der Waals surface area contributed by atoms with Crippen LogP contribution in [-0.2, 0) is 20.2 Å². The van der Waals surface area contributed by atoms with Gasteiger partial charge in [0.15, 0.2) is 5.69 Å². The van der Waals surface area contributed by atoms with Crippen LogP contribution in [0.3, 0.4) is 0 Å². The zero-order chi connectivity index (χ0) is 29.2. The molecule has 6 rings (SSSR count). The average Bonchev–Trinajstić information content (AvgIpc) is 3.75. The first-order chi connectivity index (χ1) is 19.5. The van der Waals surface area contributed by atoms with Gasteiger partial charge in [0.05, 0.1) is 23.0 Å². The molecule has 2 fully saturated rings. The molecule has 2 atom stereocenters. The number of benzene rings is 3. The van der Waals surface area contributed by atoms with E-state index < -0.39 is 48.8 Å². The molecule has 2 N–H and O–H groups in total. The van der Waals surface area contributed by atoms with Crippen molar-refractivity contribution in [3.8, 4) is 0 Å². The molecule has 1 saturated carbocycles. The van der Waals surface area contributed by atoms with E-state index in [4.69, 9.17) is 11.6 Å². The zero-order valence-electron chi connectivity index (χ0n) is 22.3. The summed E-state index contributed by atoms with van der Waals surface area (Å²) in [5, 5.41) is 6.17. The van der Waals surface area contributed by atoms with Gasteiger partial charge in [-0.1, -0.05) is 11.6 Å². The molecule has 0 bridgehead atoms. The lowest BCUT2D eigenvalue weighted by molar-refractivity contribution is -0.126. The molecule has 11 heteroatoms. The molecular weight excluding hydrogens is 572 g/mol. The van der Waals surface area contributed by atoms with E-state index in [0.29, 0.717) is 37.2 Å². The zero-order valence-corrected chi connectivity index (χ0v) is 23.9. The molecule has 2 amide bonds. The molecule has 3 aliphatic rings. The molecule has 1 aliphatic carbocycles. The van der Waals surface area contributed by atoms with E-state index in [-0.39, 0.29) is 27.1 Å². The van der Waals surface area contributed by atoms with Crippen LogP contribution in [0.4, 0.5) is 20.2 Å². The van der Waals surface area contributed by atoms with Crippen molar-refractivity contribution in [3.63, 3.8) is 0 Å². The smallest absolute Gasteiger partial charge is 0.321 e. The molecule has 1 saturated heterocycles. The minimum atomic E-state index is -4.41. The van der Waals surface area contributed by atoms with Gasteiger partial charge in [-0.2, -0.15) is 8.42 Å². The number of quaternary nitrogens is 1. The molecule has 2 aliphatic heterocycles. The molecule has 0 radical (unpaired) electrons. The SMILES string of the molecule is CC(=O)[N+]1(S(=O)(=O)c2ccc(F)cc2)c2ccc(C(=O)Nc3cc(F)ccc3Cl)cc2C2(CCNCC2)C1C1CC1. The Labute approximate surface area is 242 Å². The van der Waals surface area contributed by atoms with Crippen LogP contribution in [0, 0.1) is 17.6 Å². The summed E-state index contributed by atoms with van der Waals surface area (Å²) >= 11 is 6.17. The third-order valence-corrected chi connectivity index (χ3v) is 11.4. The second-order valence-corrected chi connectivity index (χ2v) is 13.5. The molecular formula is C30H29ClF2N3O4S+. The number of carbonyl (C=O) groups is 2. The third kappa shape index (κ3) is 4.22. The lowest BCUT2D eigenvalue weighted by Gasteiger charge is -2.43. The van der Waals surface area contributed by atoms with Gasteiger partial charge in [0.2, 0.25) is 0 Å². The van der Waals surface area contributed by atoms with Gasteiger partial charge in [-0.25, -0.2) is 13.6 Å². The van der Waals surface area contributed by atoms with Crippen LogP contribution in [0.5, 0.6) is 0 Å². The topological polar surface area (TPSA) is 92.3 Å². The highest BCUT2D eigenvalue weighted by molar-refractivity contribution is 7.91. The first-order valence-corrected chi connectivity index (χ1v) is 15.4. The number of hydrogen-bond acceptors (Lipinski definition) is 5. The van der Waals surface area contributed by atoms with Crippen molar-refractivity contribution < 1.29 is 26.8 Å². The molecule has 7 nitrogen and oxygen atoms in total. The normalized spacial score (nSPS) is 23.3. The molecule has 3 aromatic rings. The van der Waals surface area contributed by atoms with Gasteiger partial charge in [-0.3, -0.25) is 4.79 Å². The minimum absolute atomic E-state index is 0.0250. The number of anilines is 1. The summed E-state index contributed by atoms with van der Waals surface area (Å²) in [7, 11) is -4.41. The van der Waals surface area contributed by atoms with Crippen molar-refractivity contribution in [2.75, 3.05) is 18.4 Å². The maximum Gasteiger partial charge on any atom is 0.339 e. The first-order valence-electron chi connectivity index (χ1n) is 13.6. The molecule has 1 spiro atoms. The summed E-state index contributed by atoms with van der Waals surface area (Å²) < 4.78 is 56.1. The van der Waals surface area contributed by atoms with Gasteiger partial charge in [0, 0.05) is 23.1 Å². The number of fused-ring (bicyclic) bond motifs is 2. The number of halogens is 3. The Hall–Kier alpha value is -3.18. The number of hydrogen-bond donors (Lipinski definition) is 2. The fourth-order valence-corrected chi connectivity index (χ4v) is 9.40. The highest BCUT2D eigenvalue weighted by Crippen LogP contribution is 2.62. The number of amides is 2. The average molecular weight is 601 g/mol. The summed E-state index contributed by atoms with van der Waals surface area (Å²) in [5.41, 5.74) is 0.611. The molecule has 214 valence electrons. The number of carbonyl (C=O) groups excluding carboxylic acids is 2. The number of sulfonamides is 1. The predicted molar refractivity (Wildman–Crippen MR) is 152 cm³/mol. The van der Waals surface area contributed by atoms with Crippen LogP contribution in [0.25, 0.3) is 0 Å². The fourth-order valence-electron chi connectivity index (χ4n) is 7.00. The summed E-state index contributed by atoms with van der Waals surface area (Å²) in [6, 6.07) is 12.3. The second-order valence-electron chi connectivity index (χ2n) is 11.1. The minimum Gasteiger partial charge on any atom is -0.321 e. The molecule has 41 heavy (non-hydrogen) atoms. The van der Waals surface area contributed by atoms with E-state index in [1.165, 1.54) is 37.3 Å². The Balaban J connectivity index is 1.56. The number of piperidine rings is 1. The number of nitrogens with one attached hydrogen (secondary N) is 2. The number of rotatable bonds is 5. The predicted octanol–water partition coefficient (Wildman–Crippen LogP) is 5.53. The monoisotopic (exact) mass is 600 g/mol. The van der Waals surface area contributed by atoms with Crippen LogP contribution in [0.2, 0.25) is 5.02 Å². The van der Waals surface area contributed by atoms with Crippen molar-refractivity contribution in [2.45, 2.75) is 49.0 Å². The summed E-state index contributed by atoms with van der Waals surface area (Å²) in [6.45, 7) is 2.53. The Morgan fingerprint density at radius 3 is 2.27 bits per heavy atom. The second kappa shape index (κ2) is 9.97. The summed E-state index contributed by atoms with van der Waals surface area (Å²) in [5.74, 6) is -2.26. The maximum absolute atomic E-state index is 14.7. The summed E-state index contributed by atoms with van der Waals surface area (Å²) in [4.78, 5) is 27.1. The fraction of sp³-hybridized carbons (Fsp3) is 0.333. The molecule has 2 unspecified atom stereocenters. The van der Waals surface area contributed by atoms with Gasteiger partial charge in [-0.15, -0.1) is 3.89 Å². The quantitative estimate of drug-likeness (QED) is 0.376. The Kier molecular flexibility index (Phi) is 6.80. The first kappa shape index (κ1) is 28.0. The summed E-state index contributed by atoms with van der Waals surface area (Å²) in [6.07, 6.45) is 2.72. The van der Waals surface area contributed by atoms with E-state index in [1.54, 1.807) is 12.1 Å². The van der Waals surface area contributed by atoms with E-state index in [0.717, 1.165) is 31.0 Å². The maximum atomic E-state index is 14.7. The van der Waals surface area contributed by atoms with Gasteiger partial charge < -0.3 is 10.6 Å². The largest absolute Gasteiger partial charge is 0.339 e. The van der Waals surface area contributed by atoms with Crippen molar-refractivity contribution in [2.24, 2.45) is 5.92 Å². The van der Waals surface area contributed by atoms with Crippen LogP contribution in [-0.4, -0.2) is 39.4 Å². The van der Waals surface area contributed by atoms with Gasteiger partial charge in [0.25, 0.3) is 5.91 Å². The van der Waals surface area contributed by atoms with Crippen LogP contribution < -0.4 is 14.5 Å². The Bertz CT molecular complexity index is 1670. The van der Waals surface area contributed by atoms with Crippen molar-refractivity contribution in [1.82, 2.24) is 9.21 Å². The van der Waals surface area contributed by atoms with Crippen LogP contribution in [0.1, 0.15) is 48.5 Å². The van der Waals surface area contributed by atoms with Crippen LogP contribution in [0.15, 0.2) is 65.6 Å². The standard InChI is InChI=1S/C30H28ClF2N3O4S/c1-18(37)36(41(39,40)23-8-5-21(32)6-9-23)27-11-4-20(29(38)35-26-17-22(33)7-10-25(26)31)16-24(27)30(12-14-34-15-13-30)28(36)19-2-3-19/h4-11,16-17,19,28,34H,2-3,12-15H2,1H3/p+1. The van der Waals surface area contributed by atoms with Crippen molar-refractivity contribution >= 4 is 44.8 Å². The lowest BCUT2D eigenvalue weighted by atomic mass is 9.68. The van der Waals surface area contributed by atoms with Crippen molar-refractivity contribution in [1.29, 1.82) is 0 Å². The number of nitrogens with zero attached hydrogens (tertiary/aromatic N) is 1. The van der Waals surface area contributed by atoms with Gasteiger partial charge in [0.1, 0.15) is 22.6 Å².